The first-order valence-electron chi connectivity index (χ1n) is 14.3. The van der Waals surface area contributed by atoms with E-state index in [4.69, 9.17) is 18.1 Å². The fraction of sp³-hybridized carbons (Fsp3) is 0.769. The number of hydrogen-bond donors (Lipinski definition) is 1. The molecule has 0 amide bonds. The summed E-state index contributed by atoms with van der Waals surface area (Å²) >= 11 is 0. The summed E-state index contributed by atoms with van der Waals surface area (Å²) < 4.78 is 39.3. The number of aliphatic hydroxyl groups is 1. The first kappa shape index (κ1) is 41.3. The predicted octanol–water partition coefficient (Wildman–Crippen LogP) is 6.75. The summed E-state index contributed by atoms with van der Waals surface area (Å²) in [5, 5.41) is 9.58. The molecule has 1 N–H and O–H groups in total. The Morgan fingerprint density at radius 1 is 0.535 bits per heavy atom. The number of hydrogen-bond acceptors (Lipinski definition) is 5. The summed E-state index contributed by atoms with van der Waals surface area (Å²) in [7, 11) is 15.2. The van der Waals surface area contributed by atoms with Crippen molar-refractivity contribution in [2.75, 3.05) is 125 Å². The molecule has 254 valence electrons. The summed E-state index contributed by atoms with van der Waals surface area (Å²) in [6.45, 7) is 11.9. The maximum absolute atomic E-state index is 9.58. The van der Waals surface area contributed by atoms with Crippen LogP contribution in [0.5, 0.6) is 0 Å². The summed E-state index contributed by atoms with van der Waals surface area (Å²) in [5.41, 5.74) is 2.06. The minimum atomic E-state index is -3.54. The standard InChI is InChI=1S/C26H64N11OP5/c1-31(2)40(17,32(3)4)28-42(27-39(14,15)16,29-41(18,33(5)6)34(7)8)30-43(35(9)10,36(11)12)37(13)23-25-19-21-26(24-38)22-20-25/h19-22,38,42H,23-24H2,1-18H3. The third kappa shape index (κ3) is 10.1. The van der Waals surface area contributed by atoms with Gasteiger partial charge in [-0.2, -0.15) is 0 Å². The van der Waals surface area contributed by atoms with Gasteiger partial charge in [-0.15, -0.1) is 0 Å². The molecule has 17 heteroatoms. The molecule has 0 aromatic heterocycles. The van der Waals surface area contributed by atoms with E-state index in [1.54, 1.807) is 0 Å². The van der Waals surface area contributed by atoms with Crippen molar-refractivity contribution < 1.29 is 5.11 Å². The van der Waals surface area contributed by atoms with Crippen molar-refractivity contribution in [2.24, 2.45) is 18.1 Å². The molecule has 0 saturated carbocycles. The number of nitrogens with zero attached hydrogens (tertiary/aromatic N) is 11. The molecule has 12 nitrogen and oxygen atoms in total. The van der Waals surface area contributed by atoms with Crippen LogP contribution < -0.4 is 0 Å². The van der Waals surface area contributed by atoms with E-state index < -0.39 is 37.1 Å². The quantitative estimate of drug-likeness (QED) is 0.213. The topological polar surface area (TPSA) is 92.3 Å². The second kappa shape index (κ2) is 15.9. The first-order chi connectivity index (χ1) is 19.4. The maximum atomic E-state index is 9.58. The molecule has 0 aliphatic heterocycles. The van der Waals surface area contributed by atoms with Crippen LogP contribution in [0.1, 0.15) is 11.1 Å². The van der Waals surface area contributed by atoms with Crippen molar-refractivity contribution in [3.63, 3.8) is 0 Å². The Kier molecular flexibility index (Phi) is 15.3. The van der Waals surface area contributed by atoms with Crippen molar-refractivity contribution in [2.45, 2.75) is 13.2 Å². The van der Waals surface area contributed by atoms with Gasteiger partial charge in [-0.1, -0.05) is 0 Å². The van der Waals surface area contributed by atoms with Crippen molar-refractivity contribution in [1.29, 1.82) is 0 Å². The molecule has 43 heavy (non-hydrogen) atoms. The van der Waals surface area contributed by atoms with Gasteiger partial charge in [0.05, 0.1) is 0 Å². The van der Waals surface area contributed by atoms with Gasteiger partial charge in [0.2, 0.25) is 0 Å². The van der Waals surface area contributed by atoms with E-state index in [9.17, 15) is 5.11 Å². The first-order valence-corrected chi connectivity index (χ1v) is 25.0. The third-order valence-electron chi connectivity index (χ3n) is 7.53. The predicted molar refractivity (Wildman–Crippen MR) is 201 cm³/mol. The Bertz CT molecular complexity index is 1200. The van der Waals surface area contributed by atoms with Crippen LogP contribution in [0.15, 0.2) is 42.3 Å². The second-order valence-electron chi connectivity index (χ2n) is 13.1. The Labute approximate surface area is 266 Å². The summed E-state index contributed by atoms with van der Waals surface area (Å²) in [5.74, 6) is 0. The van der Waals surface area contributed by atoms with Crippen molar-refractivity contribution in [1.82, 2.24) is 32.7 Å². The summed E-state index contributed by atoms with van der Waals surface area (Å²) in [6, 6.07) is 8.16. The van der Waals surface area contributed by atoms with Crippen LogP contribution in [-0.2, 0) is 13.2 Å². The van der Waals surface area contributed by atoms with E-state index in [1.807, 2.05) is 12.1 Å². The van der Waals surface area contributed by atoms with Crippen molar-refractivity contribution in [3.8, 4) is 0 Å². The zero-order chi connectivity index (χ0) is 33.8. The molecule has 1 rings (SSSR count). The molecule has 0 aliphatic rings. The van der Waals surface area contributed by atoms with Gasteiger partial charge < -0.3 is 0 Å². The van der Waals surface area contributed by atoms with Crippen LogP contribution in [0.4, 0.5) is 0 Å². The normalized spacial score (nSPS) is 14.6. The van der Waals surface area contributed by atoms with Gasteiger partial charge >= 0.3 is 266 Å². The molecule has 0 radical (unpaired) electrons. The van der Waals surface area contributed by atoms with E-state index in [1.165, 1.54) is 0 Å². The summed E-state index contributed by atoms with van der Waals surface area (Å²) in [4.78, 5) is 0. The molecule has 0 atom stereocenters. The van der Waals surface area contributed by atoms with Gasteiger partial charge in [0, 0.05) is 0 Å². The molecular formula is C26H64N11OP5. The van der Waals surface area contributed by atoms with E-state index in [0.717, 1.165) is 11.1 Å². The molecule has 0 heterocycles. The zero-order valence-electron chi connectivity index (χ0n) is 30.4. The van der Waals surface area contributed by atoms with Gasteiger partial charge in [-0.3, -0.25) is 0 Å². The van der Waals surface area contributed by atoms with Gasteiger partial charge in [-0.25, -0.2) is 0 Å². The van der Waals surface area contributed by atoms with Crippen molar-refractivity contribution in [3.05, 3.63) is 35.4 Å². The Morgan fingerprint density at radius 3 is 1.16 bits per heavy atom. The monoisotopic (exact) mass is 701 g/mol. The number of aliphatic hydroxyl groups excluding tert-OH is 1. The van der Waals surface area contributed by atoms with Crippen LogP contribution in [0.3, 0.4) is 0 Å². The van der Waals surface area contributed by atoms with Gasteiger partial charge in [0.1, 0.15) is 0 Å². The van der Waals surface area contributed by atoms with Crippen LogP contribution in [-0.4, -0.2) is 163 Å². The Morgan fingerprint density at radius 2 is 0.884 bits per heavy atom. The summed E-state index contributed by atoms with van der Waals surface area (Å²) in [6.07, 6.45) is 0. The SMILES string of the molecule is CN(C)P(C)(=N[PH](N=P(C)(C)C)(N=P(C)(N(C)C)N(C)C)N=P(N(C)C)(N(C)C)N(C)Cc1ccc(CO)cc1)N(C)C. The average Bonchev–Trinajstić information content (AvgIpc) is 2.85. The molecule has 0 aliphatic carbocycles. The fourth-order valence-electron chi connectivity index (χ4n) is 4.62. The molecule has 0 bridgehead atoms. The average molecular weight is 702 g/mol. The molecular weight excluding hydrogens is 637 g/mol. The van der Waals surface area contributed by atoms with Crippen LogP contribution in [0, 0.1) is 0 Å². The molecule has 0 spiro atoms. The Hall–Kier alpha value is 0.250. The molecule has 0 unspecified atom stereocenters. The number of benzene rings is 1. The van der Waals surface area contributed by atoms with Gasteiger partial charge in [-0.05, 0) is 0 Å². The number of rotatable bonds is 14. The van der Waals surface area contributed by atoms with Crippen LogP contribution in [0.25, 0.3) is 0 Å². The van der Waals surface area contributed by atoms with Gasteiger partial charge in [0.15, 0.2) is 0 Å². The zero-order valence-corrected chi connectivity index (χ0v) is 35.0. The molecule has 0 fully saturated rings. The van der Waals surface area contributed by atoms with Crippen molar-refractivity contribution >= 4 is 37.1 Å². The third-order valence-corrected chi connectivity index (χ3v) is 27.6. The van der Waals surface area contributed by atoms with E-state index in [-0.39, 0.29) is 6.61 Å². The Balaban J connectivity index is 4.62. The van der Waals surface area contributed by atoms with E-state index in [0.29, 0.717) is 6.54 Å². The van der Waals surface area contributed by atoms with E-state index in [2.05, 4.69) is 170 Å². The second-order valence-corrected chi connectivity index (χ2v) is 31.4. The fourth-order valence-corrected chi connectivity index (χ4v) is 25.1. The van der Waals surface area contributed by atoms with Gasteiger partial charge in [0.25, 0.3) is 0 Å². The van der Waals surface area contributed by atoms with Crippen LogP contribution >= 0.6 is 37.1 Å². The molecule has 1 aromatic carbocycles. The minimum absolute atomic E-state index is 0.0333. The van der Waals surface area contributed by atoms with Crippen LogP contribution in [0.2, 0.25) is 0 Å². The molecule has 1 aromatic rings. The van der Waals surface area contributed by atoms with E-state index >= 15 is 0 Å². The molecule has 0 saturated heterocycles.